The van der Waals surface area contributed by atoms with Crippen LogP contribution in [0.2, 0.25) is 0 Å². The topological polar surface area (TPSA) is 76.1 Å². The molecule has 0 unspecified atom stereocenters. The first-order valence-electron chi connectivity index (χ1n) is 10.6. The highest BCUT2D eigenvalue weighted by atomic mass is 16.5. The van der Waals surface area contributed by atoms with Crippen LogP contribution in [0.3, 0.4) is 0 Å². The van der Waals surface area contributed by atoms with Gasteiger partial charge in [0.2, 0.25) is 0 Å². The van der Waals surface area contributed by atoms with Crippen molar-refractivity contribution >= 4 is 23.2 Å². The maximum atomic E-state index is 13.2. The highest BCUT2D eigenvalue weighted by Crippen LogP contribution is 2.65. The summed E-state index contributed by atoms with van der Waals surface area (Å²) >= 11 is 0. The predicted octanol–water partition coefficient (Wildman–Crippen LogP) is 3.47. The fourth-order valence-corrected chi connectivity index (χ4v) is 5.38. The number of benzene rings is 2. The van der Waals surface area contributed by atoms with E-state index >= 15 is 0 Å². The lowest BCUT2D eigenvalue weighted by Crippen LogP contribution is -2.56. The molecule has 0 amide bonds. The van der Waals surface area contributed by atoms with Gasteiger partial charge in [-0.1, -0.05) is 66.7 Å². The summed E-state index contributed by atoms with van der Waals surface area (Å²) in [6, 6.07) is 19.1. The fourth-order valence-electron chi connectivity index (χ4n) is 5.38. The number of carbonyl (C=O) groups is 2. The first kappa shape index (κ1) is 21.0. The Morgan fingerprint density at radius 2 is 1.45 bits per heavy atom. The van der Waals surface area contributed by atoms with Gasteiger partial charge < -0.3 is 19.5 Å². The molecule has 6 heteroatoms. The molecule has 0 saturated heterocycles. The molecule has 3 aliphatic rings. The second kappa shape index (κ2) is 7.32. The molecular formula is C27H23NO5. The van der Waals surface area contributed by atoms with Crippen molar-refractivity contribution in [1.29, 1.82) is 0 Å². The van der Waals surface area contributed by atoms with E-state index < -0.39 is 23.1 Å². The van der Waals surface area contributed by atoms with Crippen LogP contribution < -0.4 is 0 Å². The molecule has 6 nitrogen and oxygen atoms in total. The summed E-state index contributed by atoms with van der Waals surface area (Å²) in [5.74, 6) is -1.48. The number of ether oxygens (including phenoxy) is 2. The Bertz CT molecular complexity index is 1290. The number of methoxy groups -OCH3 is 2. The molecule has 1 N–H and O–H groups in total. The molecular weight excluding hydrogens is 418 g/mol. The van der Waals surface area contributed by atoms with Crippen LogP contribution in [0.4, 0.5) is 0 Å². The molecule has 2 atom stereocenters. The first-order chi connectivity index (χ1) is 15.9. The maximum absolute atomic E-state index is 13.2. The lowest BCUT2D eigenvalue weighted by molar-refractivity contribution is -0.140. The van der Waals surface area contributed by atoms with Crippen LogP contribution in [0.5, 0.6) is 0 Å². The van der Waals surface area contributed by atoms with Gasteiger partial charge in [0.05, 0.1) is 31.1 Å². The zero-order valence-electron chi connectivity index (χ0n) is 18.5. The van der Waals surface area contributed by atoms with Gasteiger partial charge in [-0.3, -0.25) is 0 Å². The Balaban J connectivity index is 1.96. The van der Waals surface area contributed by atoms with Gasteiger partial charge in [-0.25, -0.2) is 9.59 Å². The highest BCUT2D eigenvalue weighted by molar-refractivity contribution is 6.15. The van der Waals surface area contributed by atoms with Crippen LogP contribution >= 0.6 is 0 Å². The van der Waals surface area contributed by atoms with E-state index in [-0.39, 0.29) is 11.1 Å². The molecule has 0 aromatic heterocycles. The minimum Gasteiger partial charge on any atom is -0.466 e. The Kier molecular flexibility index (Phi) is 4.65. The number of rotatable bonds is 4. The third-order valence-electron chi connectivity index (χ3n) is 6.82. The summed E-state index contributed by atoms with van der Waals surface area (Å²) in [7, 11) is 2.49. The average Bonchev–Trinajstić information content (AvgIpc) is 3.20. The molecule has 2 aromatic rings. The van der Waals surface area contributed by atoms with Gasteiger partial charge in [0.1, 0.15) is 5.54 Å². The quantitative estimate of drug-likeness (QED) is 0.733. The summed E-state index contributed by atoms with van der Waals surface area (Å²) < 4.78 is 10.1. The number of hydrogen-bond donors (Lipinski definition) is 1. The van der Waals surface area contributed by atoms with Crippen molar-refractivity contribution in [1.82, 2.24) is 4.90 Å². The second-order valence-electron chi connectivity index (χ2n) is 8.26. The van der Waals surface area contributed by atoms with E-state index in [0.29, 0.717) is 11.1 Å². The van der Waals surface area contributed by atoms with Crippen molar-refractivity contribution in [2.24, 2.45) is 0 Å². The van der Waals surface area contributed by atoms with Gasteiger partial charge >= 0.3 is 11.9 Å². The van der Waals surface area contributed by atoms with Crippen LogP contribution in [-0.2, 0) is 19.1 Å². The van der Waals surface area contributed by atoms with Gasteiger partial charge in [-0.15, -0.1) is 0 Å². The fraction of sp³-hybridized carbons (Fsp3) is 0.185. The van der Waals surface area contributed by atoms with E-state index in [2.05, 4.69) is 0 Å². The number of nitrogens with zero attached hydrogens (tertiary/aromatic N) is 1. The number of carbonyl (C=O) groups excluding carboxylic acids is 2. The van der Waals surface area contributed by atoms with Gasteiger partial charge in [-0.05, 0) is 29.7 Å². The van der Waals surface area contributed by atoms with Crippen molar-refractivity contribution < 1.29 is 24.2 Å². The lowest BCUT2D eigenvalue weighted by Gasteiger charge is -2.44. The summed E-state index contributed by atoms with van der Waals surface area (Å²) in [5, 5.41) is 12.7. The second-order valence-corrected chi connectivity index (χ2v) is 8.26. The van der Waals surface area contributed by atoms with E-state index in [4.69, 9.17) is 9.47 Å². The molecule has 0 radical (unpaired) electrons. The van der Waals surface area contributed by atoms with E-state index in [1.165, 1.54) is 14.2 Å². The van der Waals surface area contributed by atoms with Crippen LogP contribution in [0.25, 0.3) is 11.3 Å². The van der Waals surface area contributed by atoms with Crippen molar-refractivity contribution in [3.8, 4) is 0 Å². The molecule has 2 heterocycles. The minimum atomic E-state index is -1.88. The van der Waals surface area contributed by atoms with Gasteiger partial charge in [-0.2, -0.15) is 0 Å². The van der Waals surface area contributed by atoms with Crippen molar-refractivity contribution in [2.45, 2.75) is 18.1 Å². The Morgan fingerprint density at radius 1 is 0.879 bits per heavy atom. The summed E-state index contributed by atoms with van der Waals surface area (Å²) in [4.78, 5) is 28.1. The lowest BCUT2D eigenvalue weighted by atomic mass is 9.73. The SMILES string of the molecule is COC(=O)C1=C(C(=O)OC)[C@]2(O)C(c3ccccc3)=C(c3ccccc3)N3C=CC=C1[C@@]32C. The number of hydrogen-bond acceptors (Lipinski definition) is 6. The zero-order chi connectivity index (χ0) is 23.4. The maximum Gasteiger partial charge on any atom is 0.338 e. The first-order valence-corrected chi connectivity index (χ1v) is 10.6. The summed E-state index contributed by atoms with van der Waals surface area (Å²) in [6.45, 7) is 1.83. The minimum absolute atomic E-state index is 0.0317. The smallest absolute Gasteiger partial charge is 0.338 e. The van der Waals surface area contributed by atoms with E-state index in [0.717, 1.165) is 16.8 Å². The molecule has 33 heavy (non-hydrogen) atoms. The average molecular weight is 441 g/mol. The Morgan fingerprint density at radius 3 is 2.03 bits per heavy atom. The van der Waals surface area contributed by atoms with Crippen LogP contribution in [0, 0.1) is 0 Å². The molecule has 0 saturated carbocycles. The predicted molar refractivity (Wildman–Crippen MR) is 123 cm³/mol. The van der Waals surface area contributed by atoms with Gasteiger partial charge in [0, 0.05) is 11.8 Å². The number of allylic oxidation sites excluding steroid dienone is 2. The van der Waals surface area contributed by atoms with Crippen molar-refractivity contribution in [2.75, 3.05) is 14.2 Å². The molecule has 2 aliphatic heterocycles. The van der Waals surface area contributed by atoms with Crippen LogP contribution in [0.15, 0.2) is 95.7 Å². The van der Waals surface area contributed by atoms with E-state index in [9.17, 15) is 14.7 Å². The van der Waals surface area contributed by atoms with Gasteiger partial charge in [0.25, 0.3) is 0 Å². The van der Waals surface area contributed by atoms with Crippen molar-refractivity contribution in [3.05, 3.63) is 107 Å². The molecule has 1 aliphatic carbocycles. The molecule has 166 valence electrons. The van der Waals surface area contributed by atoms with Gasteiger partial charge in [0.15, 0.2) is 5.60 Å². The molecule has 2 aromatic carbocycles. The normalized spacial score (nSPS) is 25.2. The zero-order valence-corrected chi connectivity index (χ0v) is 18.5. The Labute approximate surface area is 191 Å². The largest absolute Gasteiger partial charge is 0.466 e. The monoisotopic (exact) mass is 441 g/mol. The molecule has 0 fully saturated rings. The van der Waals surface area contributed by atoms with E-state index in [1.54, 1.807) is 12.2 Å². The summed E-state index contributed by atoms with van der Waals surface area (Å²) in [5.41, 5.74) is 0.225. The van der Waals surface area contributed by atoms with Crippen LogP contribution in [0.1, 0.15) is 18.1 Å². The third kappa shape index (κ3) is 2.52. The van der Waals surface area contributed by atoms with Crippen LogP contribution in [-0.4, -0.2) is 47.3 Å². The highest BCUT2D eigenvalue weighted by Gasteiger charge is 2.71. The summed E-state index contributed by atoms with van der Waals surface area (Å²) in [6.07, 6.45) is 5.42. The number of esters is 2. The molecule has 0 spiro atoms. The molecule has 0 bridgehead atoms. The Hall–Kier alpha value is -3.90. The third-order valence-corrected chi connectivity index (χ3v) is 6.82. The van der Waals surface area contributed by atoms with Crippen molar-refractivity contribution in [3.63, 3.8) is 0 Å². The standard InChI is InChI=1S/C27H23NO5/c1-26-19-15-10-16-28(26)23(18-13-8-5-9-14-18)21(17-11-6-4-7-12-17)27(26,31)22(25(30)33-3)20(19)24(29)32-2/h4-16,31H,1-3H3/t26-,27-/m1/s1. The van der Waals surface area contributed by atoms with E-state index in [1.807, 2.05) is 78.7 Å². The number of aliphatic hydroxyl groups is 1. The molecule has 5 rings (SSSR count).